The van der Waals surface area contributed by atoms with Gasteiger partial charge in [0, 0.05) is 0 Å². The van der Waals surface area contributed by atoms with E-state index < -0.39 is 13.1 Å². The van der Waals surface area contributed by atoms with Gasteiger partial charge in [0.15, 0.2) is 0 Å². The molecule has 10 heavy (non-hydrogen) atoms. The summed E-state index contributed by atoms with van der Waals surface area (Å²) in [6.07, 6.45) is 1.99. The summed E-state index contributed by atoms with van der Waals surface area (Å²) in [4.78, 5) is 0. The van der Waals surface area contributed by atoms with Gasteiger partial charge in [0.05, 0.1) is 0 Å². The fourth-order valence-electron chi connectivity index (χ4n) is 0.648. The van der Waals surface area contributed by atoms with E-state index in [-0.39, 0.29) is 0 Å². The molecule has 1 aliphatic heterocycles. The summed E-state index contributed by atoms with van der Waals surface area (Å²) in [7, 11) is -1.22. The number of aliphatic hydroxyl groups excluding tert-OH is 1. The first-order chi connectivity index (χ1) is 4.62. The minimum atomic E-state index is -1.22. The van der Waals surface area contributed by atoms with Crippen molar-refractivity contribution in [3.63, 3.8) is 0 Å². The van der Waals surface area contributed by atoms with E-state index in [1.54, 1.807) is 0 Å². The molecule has 0 aromatic heterocycles. The SMILES string of the molecule is C[PH]1(CCSC(O)O)CO1. The molecule has 0 aliphatic carbocycles. The van der Waals surface area contributed by atoms with Crippen molar-refractivity contribution in [2.45, 2.75) is 5.62 Å². The Balaban J connectivity index is 1.95. The second-order valence-corrected chi connectivity index (χ2v) is 7.83. The molecule has 0 spiro atoms. The van der Waals surface area contributed by atoms with Crippen LogP contribution in [0.3, 0.4) is 0 Å². The molecule has 62 valence electrons. The molecule has 5 heteroatoms. The van der Waals surface area contributed by atoms with E-state index >= 15 is 0 Å². The van der Waals surface area contributed by atoms with E-state index in [2.05, 4.69) is 6.66 Å². The first kappa shape index (κ1) is 8.75. The molecule has 1 heterocycles. The second-order valence-electron chi connectivity index (χ2n) is 2.69. The van der Waals surface area contributed by atoms with Crippen LogP contribution in [-0.4, -0.2) is 40.8 Å². The molecular weight excluding hydrogens is 171 g/mol. The zero-order valence-electron chi connectivity index (χ0n) is 5.91. The summed E-state index contributed by atoms with van der Waals surface area (Å²) in [5.74, 6) is 0.806. The monoisotopic (exact) mass is 184 g/mol. The van der Waals surface area contributed by atoms with E-state index in [0.29, 0.717) is 0 Å². The Morgan fingerprint density at radius 1 is 1.70 bits per heavy atom. The predicted octanol–water partition coefficient (Wildman–Crippen LogP) is 0.270. The fraction of sp³-hybridized carbons (Fsp3) is 1.00. The molecule has 0 saturated carbocycles. The van der Waals surface area contributed by atoms with Gasteiger partial charge in [-0.05, 0) is 0 Å². The topological polar surface area (TPSA) is 53.0 Å². The molecule has 1 aliphatic rings. The van der Waals surface area contributed by atoms with Crippen LogP contribution < -0.4 is 0 Å². The maximum atomic E-state index is 8.46. The number of hydrogen-bond acceptors (Lipinski definition) is 4. The van der Waals surface area contributed by atoms with Gasteiger partial charge in [-0.25, -0.2) is 0 Å². The summed E-state index contributed by atoms with van der Waals surface area (Å²) in [5, 5.41) is 16.9. The molecule has 0 radical (unpaired) electrons. The van der Waals surface area contributed by atoms with Gasteiger partial charge in [0.1, 0.15) is 0 Å². The molecule has 0 aromatic rings. The van der Waals surface area contributed by atoms with Crippen LogP contribution in [0.5, 0.6) is 0 Å². The van der Waals surface area contributed by atoms with Gasteiger partial charge in [-0.2, -0.15) is 0 Å². The zero-order chi connectivity index (χ0) is 7.61. The third-order valence-corrected chi connectivity index (χ3v) is 5.22. The first-order valence-corrected chi connectivity index (χ1v) is 7.11. The average molecular weight is 184 g/mol. The molecule has 3 nitrogen and oxygen atoms in total. The molecule has 0 unspecified atom stereocenters. The van der Waals surface area contributed by atoms with Crippen LogP contribution in [0.4, 0.5) is 0 Å². The molecule has 1 fully saturated rings. The number of rotatable bonds is 4. The molecule has 1 saturated heterocycles. The normalized spacial score (nSPS) is 24.8. The van der Waals surface area contributed by atoms with Gasteiger partial charge in [0.25, 0.3) is 0 Å². The van der Waals surface area contributed by atoms with Crippen LogP contribution in [0.15, 0.2) is 0 Å². The van der Waals surface area contributed by atoms with Crippen LogP contribution in [-0.2, 0) is 4.52 Å². The van der Waals surface area contributed by atoms with Crippen LogP contribution in [0.2, 0.25) is 0 Å². The van der Waals surface area contributed by atoms with Crippen molar-refractivity contribution in [1.29, 1.82) is 0 Å². The molecule has 0 atom stereocenters. The Morgan fingerprint density at radius 2 is 2.30 bits per heavy atom. The minimum absolute atomic E-state index is 0.806. The number of hydrogen-bond donors (Lipinski definition) is 2. The average Bonchev–Trinajstić information content (AvgIpc) is 2.47. The van der Waals surface area contributed by atoms with Crippen LogP contribution >= 0.6 is 19.3 Å². The zero-order valence-corrected chi connectivity index (χ0v) is 7.73. The Morgan fingerprint density at radius 3 is 2.70 bits per heavy atom. The van der Waals surface area contributed by atoms with Crippen LogP contribution in [0.25, 0.3) is 0 Å². The van der Waals surface area contributed by atoms with Crippen molar-refractivity contribution in [3.8, 4) is 0 Å². The third kappa shape index (κ3) is 3.17. The Kier molecular flexibility index (Phi) is 2.95. The van der Waals surface area contributed by atoms with Crippen molar-refractivity contribution < 1.29 is 14.7 Å². The van der Waals surface area contributed by atoms with Gasteiger partial charge in [-0.1, -0.05) is 0 Å². The second kappa shape index (κ2) is 3.37. The third-order valence-electron chi connectivity index (χ3n) is 1.53. The van der Waals surface area contributed by atoms with Gasteiger partial charge in [0.2, 0.25) is 0 Å². The first-order valence-electron chi connectivity index (χ1n) is 3.24. The molecule has 2 N–H and O–H groups in total. The van der Waals surface area contributed by atoms with Crippen molar-refractivity contribution in [1.82, 2.24) is 0 Å². The van der Waals surface area contributed by atoms with Crippen LogP contribution in [0, 0.1) is 0 Å². The van der Waals surface area contributed by atoms with Gasteiger partial charge in [-0.3, -0.25) is 0 Å². The van der Waals surface area contributed by atoms with Gasteiger partial charge >= 0.3 is 64.5 Å². The molecular formula is C5H13O3PS. The van der Waals surface area contributed by atoms with Gasteiger partial charge < -0.3 is 0 Å². The van der Waals surface area contributed by atoms with E-state index in [1.807, 2.05) is 0 Å². The molecule has 0 aromatic carbocycles. The van der Waals surface area contributed by atoms with E-state index in [4.69, 9.17) is 14.7 Å². The summed E-state index contributed by atoms with van der Waals surface area (Å²) < 4.78 is 5.24. The standard InChI is InChI=1S/C5H13O3PS/c1-9(4-8-9)2-3-10-5(6)7/h5-7,9H,2-4H2,1H3. The number of thioether (sulfide) groups is 1. The summed E-state index contributed by atoms with van der Waals surface area (Å²) in [5.41, 5.74) is -1.21. The van der Waals surface area contributed by atoms with Crippen molar-refractivity contribution >= 4 is 19.3 Å². The molecule has 0 bridgehead atoms. The Hall–Kier alpha value is 0.660. The number of aliphatic hydroxyl groups is 2. The van der Waals surface area contributed by atoms with Crippen molar-refractivity contribution in [2.24, 2.45) is 0 Å². The summed E-state index contributed by atoms with van der Waals surface area (Å²) >= 11 is 1.16. The van der Waals surface area contributed by atoms with E-state index in [9.17, 15) is 0 Å². The van der Waals surface area contributed by atoms with E-state index in [0.717, 1.165) is 30.0 Å². The molecule has 1 rings (SSSR count). The molecule has 0 amide bonds. The fourth-order valence-corrected chi connectivity index (χ4v) is 4.33. The van der Waals surface area contributed by atoms with Crippen molar-refractivity contribution in [3.05, 3.63) is 0 Å². The Bertz CT molecular complexity index is 115. The van der Waals surface area contributed by atoms with Crippen molar-refractivity contribution in [2.75, 3.05) is 24.9 Å². The summed E-state index contributed by atoms with van der Waals surface area (Å²) in [6.45, 7) is 2.16. The van der Waals surface area contributed by atoms with E-state index in [1.165, 1.54) is 0 Å². The van der Waals surface area contributed by atoms with Crippen LogP contribution in [0.1, 0.15) is 0 Å². The Labute approximate surface area is 65.2 Å². The van der Waals surface area contributed by atoms with Gasteiger partial charge in [-0.15, -0.1) is 0 Å². The maximum absolute atomic E-state index is 8.46. The predicted molar refractivity (Wildman–Crippen MR) is 45.7 cm³/mol. The summed E-state index contributed by atoms with van der Waals surface area (Å²) in [6, 6.07) is 0. The quantitative estimate of drug-likeness (QED) is 0.374.